The van der Waals surface area contributed by atoms with E-state index >= 15 is 0 Å². The van der Waals surface area contributed by atoms with Crippen LogP contribution in [0.2, 0.25) is 5.02 Å². The zero-order valence-corrected chi connectivity index (χ0v) is 16.6. The van der Waals surface area contributed by atoms with Crippen molar-refractivity contribution in [3.05, 3.63) is 57.8 Å². The molecule has 1 aliphatic rings. The fourth-order valence-electron chi connectivity index (χ4n) is 2.46. The second kappa shape index (κ2) is 9.37. The molecule has 1 aliphatic heterocycles. The number of thioether (sulfide) groups is 1. The van der Waals surface area contributed by atoms with E-state index in [1.165, 1.54) is 12.3 Å². The van der Waals surface area contributed by atoms with Crippen LogP contribution in [-0.4, -0.2) is 35.1 Å². The van der Waals surface area contributed by atoms with Gasteiger partial charge in [-0.05, 0) is 48.2 Å². The van der Waals surface area contributed by atoms with Gasteiger partial charge < -0.3 is 14.5 Å². The highest BCUT2D eigenvalue weighted by Crippen LogP contribution is 2.34. The third kappa shape index (κ3) is 5.22. The van der Waals surface area contributed by atoms with Gasteiger partial charge in [-0.15, -0.1) is 6.42 Å². The Kier molecular flexibility index (Phi) is 6.65. The quantitative estimate of drug-likeness (QED) is 0.535. The molecule has 1 fully saturated rings. The summed E-state index contributed by atoms with van der Waals surface area (Å²) < 4.78 is 10.6. The first-order chi connectivity index (χ1) is 14.0. The van der Waals surface area contributed by atoms with E-state index in [2.05, 4.69) is 11.2 Å². The Balaban J connectivity index is 1.70. The molecule has 0 spiro atoms. The number of furan rings is 1. The normalized spacial score (nSPS) is 14.9. The van der Waals surface area contributed by atoms with E-state index < -0.39 is 23.6 Å². The Morgan fingerprint density at radius 1 is 1.38 bits per heavy atom. The number of halogens is 1. The number of ether oxygens (including phenoxy) is 1. The van der Waals surface area contributed by atoms with Gasteiger partial charge in [0.1, 0.15) is 24.7 Å². The molecule has 2 aromatic rings. The van der Waals surface area contributed by atoms with Crippen molar-refractivity contribution in [2.45, 2.75) is 6.54 Å². The second-order valence-corrected chi connectivity index (χ2v) is 7.23. The van der Waals surface area contributed by atoms with Crippen molar-refractivity contribution in [1.82, 2.24) is 10.2 Å². The predicted molar refractivity (Wildman–Crippen MR) is 109 cm³/mol. The first-order valence-electron chi connectivity index (χ1n) is 8.38. The van der Waals surface area contributed by atoms with E-state index in [1.807, 2.05) is 0 Å². The minimum absolute atomic E-state index is 0.0415. The maximum absolute atomic E-state index is 12.6. The molecule has 1 aromatic carbocycles. The van der Waals surface area contributed by atoms with Gasteiger partial charge in [-0.3, -0.25) is 19.3 Å². The number of carbonyl (C=O) groups is 3. The molecule has 0 radical (unpaired) electrons. The van der Waals surface area contributed by atoms with Crippen LogP contribution in [0.5, 0.6) is 5.75 Å². The van der Waals surface area contributed by atoms with Crippen LogP contribution < -0.4 is 10.1 Å². The molecule has 0 unspecified atom stereocenters. The monoisotopic (exact) mass is 430 g/mol. The zero-order valence-electron chi connectivity index (χ0n) is 15.0. The molecule has 148 valence electrons. The summed E-state index contributed by atoms with van der Waals surface area (Å²) in [5, 5.41) is 2.49. The highest BCUT2D eigenvalue weighted by atomic mass is 35.5. The van der Waals surface area contributed by atoms with Gasteiger partial charge in [-0.2, -0.15) is 0 Å². The second-order valence-electron chi connectivity index (χ2n) is 5.80. The van der Waals surface area contributed by atoms with E-state index in [0.29, 0.717) is 22.1 Å². The Morgan fingerprint density at radius 2 is 2.21 bits per heavy atom. The average Bonchev–Trinajstić information content (AvgIpc) is 3.30. The van der Waals surface area contributed by atoms with Crippen LogP contribution in [-0.2, 0) is 16.1 Å². The molecule has 1 N–H and O–H groups in total. The molecule has 0 atom stereocenters. The van der Waals surface area contributed by atoms with Crippen LogP contribution in [0.25, 0.3) is 6.08 Å². The van der Waals surface area contributed by atoms with Gasteiger partial charge >= 0.3 is 0 Å². The third-order valence-electron chi connectivity index (χ3n) is 3.78. The number of rotatable bonds is 7. The maximum atomic E-state index is 12.6. The Hall–Kier alpha value is -3.15. The number of hydrogen-bond donors (Lipinski definition) is 1. The molecule has 9 heteroatoms. The fraction of sp³-hybridized carbons (Fsp3) is 0.150. The summed E-state index contributed by atoms with van der Waals surface area (Å²) >= 11 is 6.76. The first-order valence-corrected chi connectivity index (χ1v) is 9.57. The Morgan fingerprint density at radius 3 is 2.93 bits per heavy atom. The van der Waals surface area contributed by atoms with Crippen molar-refractivity contribution >= 4 is 46.5 Å². The number of nitrogens with zero attached hydrogens (tertiary/aromatic N) is 1. The Labute approximate surface area is 176 Å². The van der Waals surface area contributed by atoms with Crippen LogP contribution >= 0.6 is 23.4 Å². The summed E-state index contributed by atoms with van der Waals surface area (Å²) in [4.78, 5) is 37.9. The van der Waals surface area contributed by atoms with Crippen molar-refractivity contribution in [2.75, 3.05) is 13.2 Å². The van der Waals surface area contributed by atoms with Crippen molar-refractivity contribution in [1.29, 1.82) is 0 Å². The van der Waals surface area contributed by atoms with Gasteiger partial charge in [0.15, 0.2) is 0 Å². The highest BCUT2D eigenvalue weighted by molar-refractivity contribution is 8.18. The number of amides is 3. The van der Waals surface area contributed by atoms with Crippen LogP contribution in [0, 0.1) is 12.3 Å². The number of terminal acetylenes is 1. The smallest absolute Gasteiger partial charge is 0.294 e. The molecular formula is C20H15ClN2O5S. The van der Waals surface area contributed by atoms with Crippen LogP contribution in [0.15, 0.2) is 45.9 Å². The average molecular weight is 431 g/mol. The van der Waals surface area contributed by atoms with Gasteiger partial charge in [0.25, 0.3) is 11.1 Å². The first kappa shape index (κ1) is 20.6. The summed E-state index contributed by atoms with van der Waals surface area (Å²) in [6.07, 6.45) is 8.19. The van der Waals surface area contributed by atoms with E-state index in [1.54, 1.807) is 30.3 Å². The van der Waals surface area contributed by atoms with Crippen LogP contribution in [0.4, 0.5) is 4.79 Å². The van der Waals surface area contributed by atoms with Gasteiger partial charge in [0.2, 0.25) is 5.91 Å². The summed E-state index contributed by atoms with van der Waals surface area (Å²) in [7, 11) is 0. The van der Waals surface area contributed by atoms with Crippen molar-refractivity contribution < 1.29 is 23.5 Å². The Bertz CT molecular complexity index is 1010. The lowest BCUT2D eigenvalue weighted by molar-refractivity contribution is -0.129. The number of carbonyl (C=O) groups excluding carboxylic acids is 3. The standard InChI is InChI=1S/C20H15ClN2O5S/c1-2-7-28-16-6-5-14(21)9-13(16)10-17-19(25)23(20(26)29-17)12-18(24)22-11-15-4-3-8-27-15/h1,3-6,8-10H,7,11-12H2,(H,22,24)/b17-10-. The molecule has 29 heavy (non-hydrogen) atoms. The third-order valence-corrected chi connectivity index (χ3v) is 4.93. The van der Waals surface area contributed by atoms with Crippen LogP contribution in [0.3, 0.4) is 0 Å². The summed E-state index contributed by atoms with van der Waals surface area (Å²) in [6, 6.07) is 8.24. The van der Waals surface area contributed by atoms with Crippen LogP contribution in [0.1, 0.15) is 11.3 Å². The number of nitrogens with one attached hydrogen (secondary N) is 1. The number of benzene rings is 1. The minimum Gasteiger partial charge on any atom is -0.480 e. The fourth-order valence-corrected chi connectivity index (χ4v) is 3.47. The molecule has 7 nitrogen and oxygen atoms in total. The SMILES string of the molecule is C#CCOc1ccc(Cl)cc1/C=C1\SC(=O)N(CC(=O)NCc2ccco2)C1=O. The molecule has 1 aromatic heterocycles. The lowest BCUT2D eigenvalue weighted by Gasteiger charge is -2.12. The molecule has 3 rings (SSSR count). The molecule has 1 saturated heterocycles. The highest BCUT2D eigenvalue weighted by Gasteiger charge is 2.36. The largest absolute Gasteiger partial charge is 0.480 e. The topological polar surface area (TPSA) is 88.8 Å². The van der Waals surface area contributed by atoms with Crippen molar-refractivity contribution in [3.63, 3.8) is 0 Å². The lowest BCUT2D eigenvalue weighted by atomic mass is 10.2. The molecule has 2 heterocycles. The summed E-state index contributed by atoms with van der Waals surface area (Å²) in [6.45, 7) is -0.186. The summed E-state index contributed by atoms with van der Waals surface area (Å²) in [5.41, 5.74) is 0.500. The van der Waals surface area contributed by atoms with Crippen molar-refractivity contribution in [3.8, 4) is 18.1 Å². The number of hydrogen-bond acceptors (Lipinski definition) is 6. The predicted octanol–water partition coefficient (Wildman–Crippen LogP) is 3.30. The van der Waals surface area contributed by atoms with E-state index in [4.69, 9.17) is 27.2 Å². The molecular weight excluding hydrogens is 416 g/mol. The maximum Gasteiger partial charge on any atom is 0.294 e. The molecule has 0 saturated carbocycles. The van der Waals surface area contributed by atoms with Crippen molar-refractivity contribution in [2.24, 2.45) is 0 Å². The van der Waals surface area contributed by atoms with Gasteiger partial charge in [-0.1, -0.05) is 17.5 Å². The van der Waals surface area contributed by atoms with E-state index in [-0.39, 0.29) is 18.1 Å². The van der Waals surface area contributed by atoms with E-state index in [0.717, 1.165) is 16.7 Å². The molecule has 3 amide bonds. The van der Waals surface area contributed by atoms with Gasteiger partial charge in [-0.25, -0.2) is 0 Å². The molecule has 0 aliphatic carbocycles. The number of imide groups is 1. The lowest BCUT2D eigenvalue weighted by Crippen LogP contribution is -2.39. The van der Waals surface area contributed by atoms with E-state index in [9.17, 15) is 14.4 Å². The summed E-state index contributed by atoms with van der Waals surface area (Å²) in [5.74, 6) is 2.29. The zero-order chi connectivity index (χ0) is 20.8. The molecule has 0 bridgehead atoms. The minimum atomic E-state index is -0.573. The van der Waals surface area contributed by atoms with Gasteiger partial charge in [0.05, 0.1) is 17.7 Å². The van der Waals surface area contributed by atoms with Gasteiger partial charge in [0, 0.05) is 10.6 Å².